The summed E-state index contributed by atoms with van der Waals surface area (Å²) in [6.45, 7) is 2.90. The summed E-state index contributed by atoms with van der Waals surface area (Å²) < 4.78 is 5.55. The highest BCUT2D eigenvalue weighted by molar-refractivity contribution is 7.10. The lowest BCUT2D eigenvalue weighted by molar-refractivity contribution is -0.134. The standard InChI is InChI=1S/C17H18N2O3S/c1-12(20)18-14-2-4-15(5-3-14)22-11-17(21)19-8-6-16-13(10-19)7-9-23-16/h2-5,7,9H,6,8,10-11H2,1H3,(H,18,20). The number of rotatable bonds is 4. The van der Waals surface area contributed by atoms with E-state index in [0.29, 0.717) is 18.0 Å². The summed E-state index contributed by atoms with van der Waals surface area (Å²) >= 11 is 1.76. The van der Waals surface area contributed by atoms with Crippen molar-refractivity contribution in [2.24, 2.45) is 0 Å². The third kappa shape index (κ3) is 3.90. The number of carbonyl (C=O) groups is 2. The Bertz CT molecular complexity index is 709. The molecule has 2 amide bonds. The molecule has 0 fully saturated rings. The Balaban J connectivity index is 1.52. The van der Waals surface area contributed by atoms with Gasteiger partial charge in [-0.05, 0) is 47.7 Å². The molecule has 6 heteroatoms. The monoisotopic (exact) mass is 330 g/mol. The number of anilines is 1. The molecule has 3 rings (SSSR count). The van der Waals surface area contributed by atoms with Gasteiger partial charge in [0.05, 0.1) is 0 Å². The van der Waals surface area contributed by atoms with Gasteiger partial charge in [-0.2, -0.15) is 0 Å². The minimum atomic E-state index is -0.119. The summed E-state index contributed by atoms with van der Waals surface area (Å²) in [6, 6.07) is 9.07. The molecule has 1 aliphatic rings. The fraction of sp³-hybridized carbons (Fsp3) is 0.294. The number of nitrogens with zero attached hydrogens (tertiary/aromatic N) is 1. The van der Waals surface area contributed by atoms with Gasteiger partial charge in [0.1, 0.15) is 5.75 Å². The maximum absolute atomic E-state index is 12.3. The van der Waals surface area contributed by atoms with Crippen molar-refractivity contribution >= 4 is 28.8 Å². The normalized spacial score (nSPS) is 13.3. The second-order valence-electron chi connectivity index (χ2n) is 5.43. The average molecular weight is 330 g/mol. The molecule has 0 atom stereocenters. The van der Waals surface area contributed by atoms with Gasteiger partial charge in [0.25, 0.3) is 5.91 Å². The topological polar surface area (TPSA) is 58.6 Å². The molecule has 0 bridgehead atoms. The van der Waals surface area contributed by atoms with Crippen molar-refractivity contribution < 1.29 is 14.3 Å². The Morgan fingerprint density at radius 2 is 2.04 bits per heavy atom. The van der Waals surface area contributed by atoms with Crippen LogP contribution in [0.25, 0.3) is 0 Å². The van der Waals surface area contributed by atoms with Crippen LogP contribution in [0.5, 0.6) is 5.75 Å². The molecule has 23 heavy (non-hydrogen) atoms. The van der Waals surface area contributed by atoms with Gasteiger partial charge >= 0.3 is 0 Å². The number of carbonyl (C=O) groups excluding carboxylic acids is 2. The molecule has 1 aliphatic heterocycles. The maximum atomic E-state index is 12.3. The smallest absolute Gasteiger partial charge is 0.260 e. The summed E-state index contributed by atoms with van der Waals surface area (Å²) in [5.74, 6) is 0.486. The van der Waals surface area contributed by atoms with Gasteiger partial charge in [-0.3, -0.25) is 9.59 Å². The third-order valence-electron chi connectivity index (χ3n) is 3.70. The summed E-state index contributed by atoms with van der Waals surface area (Å²) in [4.78, 5) is 26.4. The third-order valence-corrected chi connectivity index (χ3v) is 4.72. The Kier molecular flexibility index (Phi) is 4.62. The van der Waals surface area contributed by atoms with Crippen LogP contribution in [-0.2, 0) is 22.6 Å². The molecule has 0 aliphatic carbocycles. The Morgan fingerprint density at radius 3 is 2.78 bits per heavy atom. The van der Waals surface area contributed by atoms with E-state index in [1.165, 1.54) is 17.4 Å². The Morgan fingerprint density at radius 1 is 1.26 bits per heavy atom. The van der Waals surface area contributed by atoms with Crippen molar-refractivity contribution in [2.45, 2.75) is 19.9 Å². The zero-order chi connectivity index (χ0) is 16.2. The van der Waals surface area contributed by atoms with Crippen molar-refractivity contribution in [3.63, 3.8) is 0 Å². The minimum absolute atomic E-state index is 0.00668. The average Bonchev–Trinajstić information content (AvgIpc) is 3.01. The van der Waals surface area contributed by atoms with Gasteiger partial charge in [-0.25, -0.2) is 0 Å². The molecule has 0 radical (unpaired) electrons. The van der Waals surface area contributed by atoms with Crippen LogP contribution in [0.1, 0.15) is 17.4 Å². The SMILES string of the molecule is CC(=O)Nc1ccc(OCC(=O)N2CCc3sccc3C2)cc1. The second kappa shape index (κ2) is 6.83. The summed E-state index contributed by atoms with van der Waals surface area (Å²) in [7, 11) is 0. The highest BCUT2D eigenvalue weighted by Gasteiger charge is 2.21. The van der Waals surface area contributed by atoms with Crippen LogP contribution in [0.3, 0.4) is 0 Å². The van der Waals surface area contributed by atoms with Crippen molar-refractivity contribution in [3.8, 4) is 5.75 Å². The maximum Gasteiger partial charge on any atom is 0.260 e. The first kappa shape index (κ1) is 15.6. The first-order valence-electron chi connectivity index (χ1n) is 7.45. The van der Waals surface area contributed by atoms with E-state index in [1.807, 2.05) is 4.90 Å². The number of fused-ring (bicyclic) bond motifs is 1. The highest BCUT2D eigenvalue weighted by atomic mass is 32.1. The number of ether oxygens (including phenoxy) is 1. The lowest BCUT2D eigenvalue weighted by atomic mass is 10.1. The van der Waals surface area contributed by atoms with E-state index in [1.54, 1.807) is 35.6 Å². The molecular formula is C17H18N2O3S. The predicted octanol–water partition coefficient (Wildman–Crippen LogP) is 2.67. The molecule has 0 saturated carbocycles. The Hall–Kier alpha value is -2.34. The summed E-state index contributed by atoms with van der Waals surface area (Å²) in [6.07, 6.45) is 0.921. The molecule has 0 saturated heterocycles. The van der Waals surface area contributed by atoms with Crippen molar-refractivity contribution in [1.82, 2.24) is 4.90 Å². The second-order valence-corrected chi connectivity index (χ2v) is 6.43. The van der Waals surface area contributed by atoms with Crippen LogP contribution in [-0.4, -0.2) is 29.9 Å². The predicted molar refractivity (Wildman–Crippen MR) is 89.7 cm³/mol. The van der Waals surface area contributed by atoms with Crippen LogP contribution in [0.4, 0.5) is 5.69 Å². The molecule has 1 aromatic heterocycles. The first-order valence-corrected chi connectivity index (χ1v) is 8.33. The first-order chi connectivity index (χ1) is 11.1. The van der Waals surface area contributed by atoms with Crippen LogP contribution in [0.15, 0.2) is 35.7 Å². The van der Waals surface area contributed by atoms with Crippen LogP contribution in [0.2, 0.25) is 0 Å². The van der Waals surface area contributed by atoms with Crippen LogP contribution < -0.4 is 10.1 Å². The molecule has 0 spiro atoms. The number of hydrogen-bond acceptors (Lipinski definition) is 4. The van der Waals surface area contributed by atoms with Crippen molar-refractivity contribution in [1.29, 1.82) is 0 Å². The Labute approximate surface area is 138 Å². The van der Waals surface area contributed by atoms with Gasteiger partial charge in [0.15, 0.2) is 6.61 Å². The van der Waals surface area contributed by atoms with Crippen molar-refractivity contribution in [2.75, 3.05) is 18.5 Å². The molecule has 1 aromatic carbocycles. The number of amides is 2. The van der Waals surface area contributed by atoms with E-state index in [0.717, 1.165) is 13.0 Å². The van der Waals surface area contributed by atoms with E-state index in [9.17, 15) is 9.59 Å². The van der Waals surface area contributed by atoms with Gasteiger partial charge in [-0.15, -0.1) is 11.3 Å². The summed E-state index contributed by atoms with van der Waals surface area (Å²) in [5.41, 5.74) is 1.95. The minimum Gasteiger partial charge on any atom is -0.484 e. The molecule has 5 nitrogen and oxygen atoms in total. The molecule has 0 unspecified atom stereocenters. The molecule has 1 N–H and O–H groups in total. The number of thiophene rings is 1. The largest absolute Gasteiger partial charge is 0.484 e. The highest BCUT2D eigenvalue weighted by Crippen LogP contribution is 2.24. The molecule has 120 valence electrons. The van der Waals surface area contributed by atoms with E-state index in [-0.39, 0.29) is 18.4 Å². The molecule has 2 heterocycles. The van der Waals surface area contributed by atoms with Gasteiger partial charge in [0, 0.05) is 30.6 Å². The van der Waals surface area contributed by atoms with Gasteiger partial charge in [0.2, 0.25) is 5.91 Å². The lowest BCUT2D eigenvalue weighted by Gasteiger charge is -2.27. The van der Waals surface area contributed by atoms with Gasteiger partial charge < -0.3 is 15.0 Å². The summed E-state index contributed by atoms with van der Waals surface area (Å²) in [5, 5.41) is 4.76. The van der Waals surface area contributed by atoms with E-state index in [4.69, 9.17) is 4.74 Å². The lowest BCUT2D eigenvalue weighted by Crippen LogP contribution is -2.38. The molecule has 2 aromatic rings. The van der Waals surface area contributed by atoms with E-state index >= 15 is 0 Å². The number of hydrogen-bond donors (Lipinski definition) is 1. The van der Waals surface area contributed by atoms with Crippen LogP contribution >= 0.6 is 11.3 Å². The number of benzene rings is 1. The zero-order valence-electron chi connectivity index (χ0n) is 12.9. The van der Waals surface area contributed by atoms with Gasteiger partial charge in [-0.1, -0.05) is 0 Å². The van der Waals surface area contributed by atoms with E-state index in [2.05, 4.69) is 16.8 Å². The number of nitrogens with one attached hydrogen (secondary N) is 1. The quantitative estimate of drug-likeness (QED) is 0.937. The zero-order valence-corrected chi connectivity index (χ0v) is 13.7. The van der Waals surface area contributed by atoms with Crippen molar-refractivity contribution in [3.05, 3.63) is 46.2 Å². The fourth-order valence-electron chi connectivity index (χ4n) is 2.54. The fourth-order valence-corrected chi connectivity index (χ4v) is 3.43. The van der Waals surface area contributed by atoms with Crippen LogP contribution in [0, 0.1) is 0 Å². The molecular weight excluding hydrogens is 312 g/mol. The van der Waals surface area contributed by atoms with E-state index < -0.39 is 0 Å².